The molecule has 1 heterocycles. The number of carbonyl (C=O) groups is 1. The van der Waals surface area contributed by atoms with Crippen molar-refractivity contribution in [2.45, 2.75) is 17.4 Å². The monoisotopic (exact) mass is 561 g/mol. The minimum Gasteiger partial charge on any atom is -0.496 e. The van der Waals surface area contributed by atoms with E-state index in [1.54, 1.807) is 43.4 Å². The van der Waals surface area contributed by atoms with Gasteiger partial charge in [0.1, 0.15) is 18.1 Å². The third-order valence-electron chi connectivity index (χ3n) is 5.13. The zero-order valence-electron chi connectivity index (χ0n) is 19.6. The number of hydrogen-bond donors (Lipinski definition) is 1. The average molecular weight is 562 g/mol. The highest BCUT2D eigenvalue weighted by Gasteiger charge is 2.07. The second-order valence-electron chi connectivity index (χ2n) is 7.67. The number of halogens is 1. The summed E-state index contributed by atoms with van der Waals surface area (Å²) in [7, 11) is 1.65. The fourth-order valence-corrected chi connectivity index (χ4v) is 4.36. The summed E-state index contributed by atoms with van der Waals surface area (Å²) in [4.78, 5) is 16.8. The quantitative estimate of drug-likeness (QED) is 0.136. The molecular formula is C28H24BrN3O3S. The lowest BCUT2D eigenvalue weighted by molar-refractivity contribution is 0.0955. The van der Waals surface area contributed by atoms with Crippen LogP contribution in [0, 0.1) is 0 Å². The Morgan fingerprint density at radius 3 is 2.58 bits per heavy atom. The van der Waals surface area contributed by atoms with Gasteiger partial charge in [0.2, 0.25) is 0 Å². The number of pyridine rings is 1. The van der Waals surface area contributed by atoms with Gasteiger partial charge in [0.25, 0.3) is 5.91 Å². The molecule has 0 atom stereocenters. The fraction of sp³-hybridized carbons (Fsp3) is 0.107. The fourth-order valence-electron chi connectivity index (χ4n) is 3.26. The van der Waals surface area contributed by atoms with Gasteiger partial charge in [-0.05, 0) is 77.9 Å². The number of hydrazone groups is 1. The second-order valence-corrected chi connectivity index (χ2v) is 9.58. The van der Waals surface area contributed by atoms with E-state index in [0.717, 1.165) is 37.7 Å². The molecule has 0 saturated carbocycles. The van der Waals surface area contributed by atoms with Crippen LogP contribution in [-0.4, -0.2) is 24.2 Å². The summed E-state index contributed by atoms with van der Waals surface area (Å²) in [6.45, 7) is 0.417. The summed E-state index contributed by atoms with van der Waals surface area (Å²) >= 11 is 5.03. The van der Waals surface area contributed by atoms with Gasteiger partial charge < -0.3 is 9.47 Å². The van der Waals surface area contributed by atoms with Crippen LogP contribution in [0.1, 0.15) is 27.0 Å². The topological polar surface area (TPSA) is 72.8 Å². The molecule has 0 radical (unpaired) electrons. The first-order chi connectivity index (χ1) is 17.6. The molecule has 8 heteroatoms. The van der Waals surface area contributed by atoms with Crippen molar-refractivity contribution in [3.8, 4) is 11.5 Å². The Morgan fingerprint density at radius 2 is 1.86 bits per heavy atom. The number of thioether (sulfide) groups is 1. The minimum atomic E-state index is -0.286. The average Bonchev–Trinajstić information content (AvgIpc) is 2.92. The van der Waals surface area contributed by atoms with E-state index in [-0.39, 0.29) is 5.91 Å². The Kier molecular flexibility index (Phi) is 9.13. The van der Waals surface area contributed by atoms with E-state index < -0.39 is 0 Å². The van der Waals surface area contributed by atoms with Crippen LogP contribution >= 0.6 is 27.7 Å². The van der Waals surface area contributed by atoms with E-state index >= 15 is 0 Å². The van der Waals surface area contributed by atoms with Gasteiger partial charge in [-0.1, -0.05) is 34.1 Å². The molecule has 0 spiro atoms. The van der Waals surface area contributed by atoms with Crippen LogP contribution in [0.5, 0.6) is 11.5 Å². The highest BCUT2D eigenvalue weighted by atomic mass is 79.9. The maximum Gasteiger partial charge on any atom is 0.271 e. The smallest absolute Gasteiger partial charge is 0.271 e. The Morgan fingerprint density at radius 1 is 1.06 bits per heavy atom. The predicted octanol–water partition coefficient (Wildman–Crippen LogP) is 6.49. The molecular weight excluding hydrogens is 538 g/mol. The van der Waals surface area contributed by atoms with Gasteiger partial charge in [-0.2, -0.15) is 5.10 Å². The first-order valence-corrected chi connectivity index (χ1v) is 12.9. The number of nitrogens with zero attached hydrogens (tertiary/aromatic N) is 2. The van der Waals surface area contributed by atoms with E-state index in [2.05, 4.69) is 31.4 Å². The highest BCUT2D eigenvalue weighted by Crippen LogP contribution is 2.27. The Bertz CT molecular complexity index is 1310. The number of carbonyl (C=O) groups excluding carboxylic acids is 1. The molecule has 0 bridgehead atoms. The van der Waals surface area contributed by atoms with Gasteiger partial charge in [-0.25, -0.2) is 10.4 Å². The van der Waals surface area contributed by atoms with Gasteiger partial charge in [-0.3, -0.25) is 4.79 Å². The maximum absolute atomic E-state index is 12.5. The molecule has 0 aliphatic heterocycles. The van der Waals surface area contributed by atoms with E-state index in [0.29, 0.717) is 17.9 Å². The molecule has 0 fully saturated rings. The molecule has 0 aliphatic rings. The van der Waals surface area contributed by atoms with Gasteiger partial charge in [0.15, 0.2) is 0 Å². The number of aromatic nitrogens is 1. The van der Waals surface area contributed by atoms with Crippen LogP contribution in [0.4, 0.5) is 0 Å². The molecule has 0 saturated heterocycles. The SMILES string of the molecule is COc1ccc(/C=N\NC(=O)c2ccc(COc3ccc(Br)cc3)cc2)cc1CSc1ccccn1. The number of benzene rings is 3. The van der Waals surface area contributed by atoms with Crippen molar-refractivity contribution in [3.05, 3.63) is 118 Å². The van der Waals surface area contributed by atoms with Crippen molar-refractivity contribution < 1.29 is 14.3 Å². The first kappa shape index (κ1) is 25.5. The molecule has 6 nitrogen and oxygen atoms in total. The van der Waals surface area contributed by atoms with E-state index in [9.17, 15) is 4.79 Å². The number of nitrogens with one attached hydrogen (secondary N) is 1. The summed E-state index contributed by atoms with van der Waals surface area (Å²) in [5.74, 6) is 1.99. The van der Waals surface area contributed by atoms with Crippen molar-refractivity contribution >= 4 is 39.8 Å². The molecule has 4 aromatic rings. The lowest BCUT2D eigenvalue weighted by Crippen LogP contribution is -2.17. The lowest BCUT2D eigenvalue weighted by atomic mass is 10.1. The number of methoxy groups -OCH3 is 1. The van der Waals surface area contributed by atoms with E-state index in [1.807, 2.05) is 72.8 Å². The van der Waals surface area contributed by atoms with Crippen LogP contribution < -0.4 is 14.9 Å². The molecule has 1 N–H and O–H groups in total. The zero-order chi connectivity index (χ0) is 25.2. The number of rotatable bonds is 10. The third kappa shape index (κ3) is 7.44. The summed E-state index contributed by atoms with van der Waals surface area (Å²) in [6.07, 6.45) is 3.39. The summed E-state index contributed by atoms with van der Waals surface area (Å²) in [6, 6.07) is 26.5. The molecule has 0 unspecified atom stereocenters. The number of hydrogen-bond acceptors (Lipinski definition) is 6. The molecule has 36 heavy (non-hydrogen) atoms. The maximum atomic E-state index is 12.5. The van der Waals surface area contributed by atoms with E-state index in [4.69, 9.17) is 9.47 Å². The Labute approximate surface area is 222 Å². The Balaban J connectivity index is 1.31. The predicted molar refractivity (Wildman–Crippen MR) is 147 cm³/mol. The van der Waals surface area contributed by atoms with Gasteiger partial charge in [-0.15, -0.1) is 11.8 Å². The lowest BCUT2D eigenvalue weighted by Gasteiger charge is -2.09. The van der Waals surface area contributed by atoms with Crippen molar-refractivity contribution in [3.63, 3.8) is 0 Å². The molecule has 0 aliphatic carbocycles. The van der Waals surface area contributed by atoms with Crippen molar-refractivity contribution in [1.29, 1.82) is 0 Å². The minimum absolute atomic E-state index is 0.286. The van der Waals surface area contributed by atoms with Crippen molar-refractivity contribution in [2.24, 2.45) is 5.10 Å². The van der Waals surface area contributed by atoms with Gasteiger partial charge in [0.05, 0.1) is 18.4 Å². The van der Waals surface area contributed by atoms with Crippen LogP contribution in [0.15, 0.2) is 106 Å². The summed E-state index contributed by atoms with van der Waals surface area (Å²) in [5.41, 5.74) is 5.94. The second kappa shape index (κ2) is 12.9. The van der Waals surface area contributed by atoms with Crippen LogP contribution in [0.2, 0.25) is 0 Å². The van der Waals surface area contributed by atoms with Crippen LogP contribution in [-0.2, 0) is 12.4 Å². The summed E-state index contributed by atoms with van der Waals surface area (Å²) < 4.78 is 12.3. The normalized spacial score (nSPS) is 10.8. The highest BCUT2D eigenvalue weighted by molar-refractivity contribution is 9.10. The molecule has 4 rings (SSSR count). The molecule has 1 aromatic heterocycles. The van der Waals surface area contributed by atoms with Crippen molar-refractivity contribution in [1.82, 2.24) is 10.4 Å². The van der Waals surface area contributed by atoms with Crippen LogP contribution in [0.3, 0.4) is 0 Å². The Hall–Kier alpha value is -3.62. The third-order valence-corrected chi connectivity index (χ3v) is 6.65. The number of amides is 1. The van der Waals surface area contributed by atoms with E-state index in [1.165, 1.54) is 0 Å². The van der Waals surface area contributed by atoms with Crippen LogP contribution in [0.25, 0.3) is 0 Å². The molecule has 3 aromatic carbocycles. The molecule has 1 amide bonds. The largest absolute Gasteiger partial charge is 0.496 e. The standard InChI is InChI=1S/C28H24BrN3O3S/c1-34-26-14-7-21(16-23(26)19-36-27-4-2-3-15-30-27)17-31-32-28(33)22-8-5-20(6-9-22)18-35-25-12-10-24(29)11-13-25/h2-17H,18-19H2,1H3,(H,32,33)/b31-17-. The van der Waals surface area contributed by atoms with Crippen molar-refractivity contribution in [2.75, 3.05) is 7.11 Å². The van der Waals surface area contributed by atoms with Gasteiger partial charge >= 0.3 is 0 Å². The first-order valence-electron chi connectivity index (χ1n) is 11.1. The van der Waals surface area contributed by atoms with Gasteiger partial charge in [0, 0.05) is 27.5 Å². The zero-order valence-corrected chi connectivity index (χ0v) is 22.0. The summed E-state index contributed by atoms with van der Waals surface area (Å²) in [5, 5.41) is 5.07. The molecule has 182 valence electrons. The number of ether oxygens (including phenoxy) is 2.